The van der Waals surface area contributed by atoms with Crippen molar-refractivity contribution in [3.05, 3.63) is 77.3 Å². The molecule has 0 fully saturated rings. The summed E-state index contributed by atoms with van der Waals surface area (Å²) in [5, 5.41) is 0.499. The predicted molar refractivity (Wildman–Crippen MR) is 124 cm³/mol. The van der Waals surface area contributed by atoms with Crippen LogP contribution >= 0.6 is 11.3 Å². The fourth-order valence-corrected chi connectivity index (χ4v) is 4.39. The maximum atomic E-state index is 13.7. The number of hydrogen-bond donors (Lipinski definition) is 1. The second-order valence-corrected chi connectivity index (χ2v) is 9.50. The van der Waals surface area contributed by atoms with Gasteiger partial charge in [0.2, 0.25) is 0 Å². The predicted octanol–water partition coefficient (Wildman–Crippen LogP) is 7.65. The van der Waals surface area contributed by atoms with E-state index in [0.717, 1.165) is 12.1 Å². The van der Waals surface area contributed by atoms with Gasteiger partial charge in [0.15, 0.2) is 0 Å². The molecule has 0 bridgehead atoms. The van der Waals surface area contributed by atoms with Gasteiger partial charge < -0.3 is 10.5 Å². The summed E-state index contributed by atoms with van der Waals surface area (Å²) in [4.78, 5) is 4.68. The van der Waals surface area contributed by atoms with Crippen LogP contribution < -0.4 is 10.5 Å². The number of nitrogens with zero attached hydrogens (tertiary/aromatic N) is 1. The molecule has 0 aliphatic heterocycles. The topological polar surface area (TPSA) is 48.1 Å². The highest BCUT2D eigenvalue weighted by molar-refractivity contribution is 7.15. The molecule has 0 unspecified atom stereocenters. The minimum absolute atomic E-state index is 0.0150. The van der Waals surface area contributed by atoms with Crippen LogP contribution in [0.1, 0.15) is 47.9 Å². The first kappa shape index (κ1) is 27.0. The van der Waals surface area contributed by atoms with Crippen molar-refractivity contribution in [2.24, 2.45) is 5.73 Å². The monoisotopic (exact) mass is 515 g/mol. The van der Waals surface area contributed by atoms with Crippen LogP contribution in [0.5, 0.6) is 5.75 Å². The van der Waals surface area contributed by atoms with E-state index in [1.54, 1.807) is 13.0 Å². The lowest BCUT2D eigenvalue weighted by Gasteiger charge is -2.16. The maximum Gasteiger partial charge on any atom is 0.419 e. The number of benzene rings is 2. The maximum absolute atomic E-state index is 13.7. The summed E-state index contributed by atoms with van der Waals surface area (Å²) in [6.45, 7) is 5.45. The lowest BCUT2D eigenvalue weighted by atomic mass is 10.0. The van der Waals surface area contributed by atoms with Gasteiger partial charge in [0.05, 0.1) is 28.1 Å². The van der Waals surface area contributed by atoms with E-state index in [1.165, 1.54) is 41.8 Å². The van der Waals surface area contributed by atoms with Crippen LogP contribution in [0.15, 0.2) is 48.7 Å². The zero-order valence-electron chi connectivity index (χ0n) is 19.0. The van der Waals surface area contributed by atoms with Gasteiger partial charge in [0.1, 0.15) is 10.8 Å². The van der Waals surface area contributed by atoms with Crippen LogP contribution in [0.25, 0.3) is 10.4 Å². The molecule has 0 aliphatic carbocycles. The average molecular weight is 516 g/mol. The number of halogens is 6. The fraction of sp³-hybridized carbons (Fsp3) is 0.360. The first-order chi connectivity index (χ1) is 16.3. The third kappa shape index (κ3) is 7.20. The molecule has 0 saturated heterocycles. The molecule has 0 spiro atoms. The van der Waals surface area contributed by atoms with E-state index < -0.39 is 29.0 Å². The van der Waals surface area contributed by atoms with Crippen LogP contribution in [-0.4, -0.2) is 11.6 Å². The Morgan fingerprint density at radius 2 is 1.63 bits per heavy atom. The summed E-state index contributed by atoms with van der Waals surface area (Å²) >= 11 is 1.17. The minimum atomic E-state index is -4.63. The first-order valence-corrected chi connectivity index (χ1v) is 11.7. The molecule has 3 rings (SSSR count). The standard InChI is InChI=1S/C25H25F6N2OS/c1-23(2,32)22-33-15-21(35-22)17-11-12-20(19(14-17)25(29,30)31)34-13-7-3-4-8-16-9-5-6-10-18(16)24(26,27)28/h5-6,9-12,14-15H,1,3-4,7-8,13,32H2,2H3/t23-/m0/s1. The van der Waals surface area contributed by atoms with E-state index in [0.29, 0.717) is 34.7 Å². The van der Waals surface area contributed by atoms with Crippen LogP contribution in [0.4, 0.5) is 26.3 Å². The van der Waals surface area contributed by atoms with Crippen LogP contribution in [0.2, 0.25) is 0 Å². The van der Waals surface area contributed by atoms with Gasteiger partial charge in [-0.05, 0) is 74.9 Å². The summed E-state index contributed by atoms with van der Waals surface area (Å²) < 4.78 is 85.6. The molecule has 2 aromatic carbocycles. The Balaban J connectivity index is 1.60. The van der Waals surface area contributed by atoms with Crippen molar-refractivity contribution in [3.63, 3.8) is 0 Å². The number of ether oxygens (including phenoxy) is 1. The molecule has 0 amide bonds. The molecular weight excluding hydrogens is 490 g/mol. The Morgan fingerprint density at radius 1 is 0.943 bits per heavy atom. The third-order valence-corrected chi connectivity index (χ3v) is 6.56. The van der Waals surface area contributed by atoms with Crippen molar-refractivity contribution in [2.75, 3.05) is 6.61 Å². The number of alkyl halides is 6. The minimum Gasteiger partial charge on any atom is -0.493 e. The molecule has 1 aromatic heterocycles. The molecule has 0 saturated carbocycles. The molecule has 10 heteroatoms. The van der Waals surface area contributed by atoms with Crippen molar-refractivity contribution in [1.82, 2.24) is 4.98 Å². The van der Waals surface area contributed by atoms with Crippen molar-refractivity contribution in [1.29, 1.82) is 0 Å². The Kier molecular flexibility index (Phi) is 8.16. The Hall–Kier alpha value is -2.59. The lowest BCUT2D eigenvalue weighted by Crippen LogP contribution is -2.28. The normalized spacial score (nSPS) is 12.7. The van der Waals surface area contributed by atoms with Crippen LogP contribution in [0.3, 0.4) is 0 Å². The molecule has 1 radical (unpaired) electrons. The Bertz CT molecular complexity index is 1130. The number of aromatic nitrogens is 1. The van der Waals surface area contributed by atoms with Crippen LogP contribution in [-0.2, 0) is 24.3 Å². The van der Waals surface area contributed by atoms with Gasteiger partial charge in [-0.3, -0.25) is 0 Å². The van der Waals surface area contributed by atoms with E-state index >= 15 is 0 Å². The fourth-order valence-electron chi connectivity index (χ4n) is 3.49. The highest BCUT2D eigenvalue weighted by Crippen LogP contribution is 2.40. The zero-order chi connectivity index (χ0) is 25.9. The van der Waals surface area contributed by atoms with Gasteiger partial charge in [0.25, 0.3) is 0 Å². The summed E-state index contributed by atoms with van der Waals surface area (Å²) in [6.07, 6.45) is -5.98. The van der Waals surface area contributed by atoms with Crippen LogP contribution in [0, 0.1) is 6.92 Å². The van der Waals surface area contributed by atoms with E-state index in [-0.39, 0.29) is 24.3 Å². The number of hydrogen-bond acceptors (Lipinski definition) is 4. The van der Waals surface area contributed by atoms with E-state index in [1.807, 2.05) is 0 Å². The molecule has 0 aliphatic rings. The van der Waals surface area contributed by atoms with Crippen molar-refractivity contribution in [3.8, 4) is 16.2 Å². The van der Waals surface area contributed by atoms with E-state index in [9.17, 15) is 26.3 Å². The number of unbranched alkanes of at least 4 members (excludes halogenated alkanes) is 2. The van der Waals surface area contributed by atoms with Crippen molar-refractivity contribution < 1.29 is 31.1 Å². The quantitative estimate of drug-likeness (QED) is 0.235. The largest absolute Gasteiger partial charge is 0.493 e. The SMILES string of the molecule is [CH2][C@@](C)(N)c1ncc(-c2ccc(OCCCCCc3ccccc3C(F)(F)F)c(C(F)(F)F)c2)s1. The molecule has 189 valence electrons. The molecule has 1 heterocycles. The number of aryl methyl sites for hydroxylation is 1. The van der Waals surface area contributed by atoms with Gasteiger partial charge in [0, 0.05) is 6.20 Å². The van der Waals surface area contributed by atoms with Gasteiger partial charge in [-0.15, -0.1) is 11.3 Å². The molecule has 3 aromatic rings. The van der Waals surface area contributed by atoms with Gasteiger partial charge in [-0.2, -0.15) is 26.3 Å². The summed E-state index contributed by atoms with van der Waals surface area (Å²) in [5.74, 6) is -0.297. The first-order valence-electron chi connectivity index (χ1n) is 10.9. The molecular formula is C25H25F6N2OS. The number of rotatable bonds is 9. The van der Waals surface area contributed by atoms with Gasteiger partial charge in [-0.1, -0.05) is 18.2 Å². The Labute approximate surface area is 204 Å². The van der Waals surface area contributed by atoms with E-state index in [2.05, 4.69) is 11.9 Å². The third-order valence-electron chi connectivity index (χ3n) is 5.23. The number of thiazole rings is 1. The summed E-state index contributed by atoms with van der Waals surface area (Å²) in [5.41, 5.74) is 3.93. The molecule has 3 nitrogen and oxygen atoms in total. The second kappa shape index (κ2) is 10.6. The smallest absolute Gasteiger partial charge is 0.419 e. The second-order valence-electron chi connectivity index (χ2n) is 8.47. The Morgan fingerprint density at radius 3 is 2.26 bits per heavy atom. The average Bonchev–Trinajstić information content (AvgIpc) is 3.26. The molecule has 35 heavy (non-hydrogen) atoms. The highest BCUT2D eigenvalue weighted by Gasteiger charge is 2.35. The van der Waals surface area contributed by atoms with Crippen molar-refractivity contribution in [2.45, 2.75) is 50.5 Å². The van der Waals surface area contributed by atoms with Gasteiger partial charge in [-0.25, -0.2) is 4.98 Å². The number of nitrogens with two attached hydrogens (primary N) is 1. The van der Waals surface area contributed by atoms with Gasteiger partial charge >= 0.3 is 12.4 Å². The summed E-state index contributed by atoms with van der Waals surface area (Å²) in [7, 11) is 0. The molecule has 1 atom stereocenters. The van der Waals surface area contributed by atoms with E-state index in [4.69, 9.17) is 10.5 Å². The highest BCUT2D eigenvalue weighted by atomic mass is 32.1. The molecule has 2 N–H and O–H groups in total. The zero-order valence-corrected chi connectivity index (χ0v) is 19.8. The lowest BCUT2D eigenvalue weighted by molar-refractivity contribution is -0.139. The van der Waals surface area contributed by atoms with Crippen molar-refractivity contribution >= 4 is 11.3 Å². The summed E-state index contributed by atoms with van der Waals surface area (Å²) in [6, 6.07) is 9.17.